The van der Waals surface area contributed by atoms with Gasteiger partial charge in [0.15, 0.2) is 0 Å². The Morgan fingerprint density at radius 2 is 2.12 bits per heavy atom. The van der Waals surface area contributed by atoms with Gasteiger partial charge in [-0.25, -0.2) is 4.39 Å². The molecule has 0 nitrogen and oxygen atoms in total. The van der Waals surface area contributed by atoms with Crippen LogP contribution in [0.3, 0.4) is 0 Å². The quantitative estimate of drug-likeness (QED) is 0.555. The first-order chi connectivity index (χ1) is 3.66. The second-order valence-electron chi connectivity index (χ2n) is 1.77. The Hall–Kier alpha value is 0.510. The molecule has 0 aliphatic heterocycles. The van der Waals surface area contributed by atoms with Crippen LogP contribution in [0.25, 0.3) is 0 Å². The molecule has 2 atom stereocenters. The maximum Gasteiger partial charge on any atom is 0.0988 e. The average molecular weight is 159 g/mol. The molecule has 50 valence electrons. The van der Waals surface area contributed by atoms with Crippen LogP contribution in [-0.4, -0.2) is 17.4 Å². The standard InChI is InChI=1S/C5H9Cl2F/c1-4(8)2-5(7)3-6/h4-5H,2-3H2,1H3. The van der Waals surface area contributed by atoms with Crippen molar-refractivity contribution < 1.29 is 4.39 Å². The van der Waals surface area contributed by atoms with Gasteiger partial charge in [0.25, 0.3) is 0 Å². The summed E-state index contributed by atoms with van der Waals surface area (Å²) < 4.78 is 12.0. The van der Waals surface area contributed by atoms with Gasteiger partial charge in [-0.1, -0.05) is 0 Å². The zero-order chi connectivity index (χ0) is 6.57. The van der Waals surface area contributed by atoms with E-state index in [1.807, 2.05) is 0 Å². The Balaban J connectivity index is 3.10. The first-order valence-corrected chi connectivity index (χ1v) is 3.48. The highest BCUT2D eigenvalue weighted by atomic mass is 35.5. The SMILES string of the molecule is CC(F)CC(Cl)CCl. The van der Waals surface area contributed by atoms with Crippen LogP contribution in [0, 0.1) is 0 Å². The van der Waals surface area contributed by atoms with Gasteiger partial charge in [0, 0.05) is 11.3 Å². The molecule has 0 N–H and O–H groups in total. The number of hydrogen-bond acceptors (Lipinski definition) is 0. The molecule has 0 bridgehead atoms. The molecule has 0 heterocycles. The van der Waals surface area contributed by atoms with Crippen molar-refractivity contribution in [2.75, 3.05) is 5.88 Å². The molecule has 0 saturated heterocycles. The van der Waals surface area contributed by atoms with Gasteiger partial charge >= 0.3 is 0 Å². The van der Waals surface area contributed by atoms with Crippen LogP contribution in [0.4, 0.5) is 4.39 Å². The summed E-state index contributed by atoms with van der Waals surface area (Å²) in [5.41, 5.74) is 0. The normalized spacial score (nSPS) is 18.0. The van der Waals surface area contributed by atoms with E-state index in [-0.39, 0.29) is 5.38 Å². The van der Waals surface area contributed by atoms with Crippen LogP contribution in [-0.2, 0) is 0 Å². The Morgan fingerprint density at radius 1 is 1.62 bits per heavy atom. The summed E-state index contributed by atoms with van der Waals surface area (Å²) in [6.07, 6.45) is -0.485. The minimum atomic E-state index is -0.837. The lowest BCUT2D eigenvalue weighted by Gasteiger charge is -2.03. The summed E-state index contributed by atoms with van der Waals surface area (Å²) in [5.74, 6) is 0.329. The molecule has 8 heavy (non-hydrogen) atoms. The Labute approximate surface area is 59.0 Å². The number of alkyl halides is 3. The van der Waals surface area contributed by atoms with Gasteiger partial charge in [0.2, 0.25) is 0 Å². The van der Waals surface area contributed by atoms with E-state index in [0.717, 1.165) is 0 Å². The number of rotatable bonds is 3. The molecule has 0 aromatic heterocycles. The summed E-state index contributed by atoms with van der Waals surface area (Å²) in [6.45, 7) is 1.47. The smallest absolute Gasteiger partial charge is 0.0988 e. The second-order valence-corrected chi connectivity index (χ2v) is 2.69. The van der Waals surface area contributed by atoms with Crippen molar-refractivity contribution in [2.24, 2.45) is 0 Å². The van der Waals surface area contributed by atoms with Gasteiger partial charge < -0.3 is 0 Å². The molecule has 0 aromatic carbocycles. The highest BCUT2D eigenvalue weighted by molar-refractivity contribution is 6.28. The van der Waals surface area contributed by atoms with Crippen LogP contribution in [0.2, 0.25) is 0 Å². The lowest BCUT2D eigenvalue weighted by Crippen LogP contribution is -2.06. The van der Waals surface area contributed by atoms with Crippen molar-refractivity contribution in [3.63, 3.8) is 0 Å². The molecule has 0 aliphatic carbocycles. The molecule has 0 aliphatic rings. The molecule has 0 radical (unpaired) electrons. The minimum absolute atomic E-state index is 0.211. The van der Waals surface area contributed by atoms with Crippen LogP contribution >= 0.6 is 23.2 Å². The molecule has 0 spiro atoms. The molecule has 0 rings (SSSR count). The Bertz CT molecular complexity index is 56.4. The van der Waals surface area contributed by atoms with Gasteiger partial charge in [-0.05, 0) is 13.3 Å². The van der Waals surface area contributed by atoms with E-state index in [2.05, 4.69) is 0 Å². The molecule has 0 saturated carbocycles. The van der Waals surface area contributed by atoms with Gasteiger partial charge in [-0.3, -0.25) is 0 Å². The lowest BCUT2D eigenvalue weighted by atomic mass is 10.2. The van der Waals surface area contributed by atoms with Gasteiger partial charge in [-0.2, -0.15) is 0 Å². The fourth-order valence-corrected chi connectivity index (χ4v) is 0.787. The fraction of sp³-hybridized carbons (Fsp3) is 1.00. The van der Waals surface area contributed by atoms with Gasteiger partial charge in [-0.15, -0.1) is 23.2 Å². The van der Waals surface area contributed by atoms with Gasteiger partial charge in [0.1, 0.15) is 0 Å². The molecule has 0 amide bonds. The van der Waals surface area contributed by atoms with Crippen LogP contribution in [0.5, 0.6) is 0 Å². The third-order valence-corrected chi connectivity index (χ3v) is 1.61. The fourth-order valence-electron chi connectivity index (χ4n) is 0.415. The van der Waals surface area contributed by atoms with E-state index in [9.17, 15) is 4.39 Å². The summed E-state index contributed by atoms with van der Waals surface area (Å²) in [5, 5.41) is -0.211. The van der Waals surface area contributed by atoms with Gasteiger partial charge in [0.05, 0.1) is 6.17 Å². The summed E-state index contributed by atoms with van der Waals surface area (Å²) in [4.78, 5) is 0. The Morgan fingerprint density at radius 3 is 2.25 bits per heavy atom. The van der Waals surface area contributed by atoms with E-state index in [0.29, 0.717) is 12.3 Å². The molecular formula is C5H9Cl2F. The van der Waals surface area contributed by atoms with Crippen LogP contribution < -0.4 is 0 Å². The maximum absolute atomic E-state index is 12.0. The van der Waals surface area contributed by atoms with Crippen molar-refractivity contribution in [3.05, 3.63) is 0 Å². The summed E-state index contributed by atoms with van der Waals surface area (Å²) in [6, 6.07) is 0. The van der Waals surface area contributed by atoms with Crippen molar-refractivity contribution in [1.29, 1.82) is 0 Å². The van der Waals surface area contributed by atoms with Crippen molar-refractivity contribution in [3.8, 4) is 0 Å². The average Bonchev–Trinajstić information content (AvgIpc) is 1.65. The zero-order valence-corrected chi connectivity index (χ0v) is 6.21. The third kappa shape index (κ3) is 4.66. The van der Waals surface area contributed by atoms with E-state index in [1.54, 1.807) is 0 Å². The lowest BCUT2D eigenvalue weighted by molar-refractivity contribution is 0.341. The van der Waals surface area contributed by atoms with E-state index in [1.165, 1.54) is 6.92 Å². The summed E-state index contributed by atoms with van der Waals surface area (Å²) in [7, 11) is 0. The first kappa shape index (κ1) is 8.51. The second kappa shape index (κ2) is 4.39. The number of hydrogen-bond donors (Lipinski definition) is 0. The highest BCUT2D eigenvalue weighted by Gasteiger charge is 2.06. The van der Waals surface area contributed by atoms with Crippen LogP contribution in [0.1, 0.15) is 13.3 Å². The molecular weight excluding hydrogens is 150 g/mol. The third-order valence-electron chi connectivity index (χ3n) is 0.748. The Kier molecular flexibility index (Phi) is 4.68. The van der Waals surface area contributed by atoms with Crippen LogP contribution in [0.15, 0.2) is 0 Å². The topological polar surface area (TPSA) is 0 Å². The zero-order valence-electron chi connectivity index (χ0n) is 4.70. The predicted molar refractivity (Wildman–Crippen MR) is 35.5 cm³/mol. The van der Waals surface area contributed by atoms with E-state index < -0.39 is 6.17 Å². The molecule has 2 unspecified atom stereocenters. The van der Waals surface area contributed by atoms with E-state index >= 15 is 0 Å². The van der Waals surface area contributed by atoms with Crippen molar-refractivity contribution in [1.82, 2.24) is 0 Å². The van der Waals surface area contributed by atoms with Crippen molar-refractivity contribution in [2.45, 2.75) is 24.9 Å². The monoisotopic (exact) mass is 158 g/mol. The molecule has 0 fully saturated rings. The first-order valence-electron chi connectivity index (χ1n) is 2.51. The predicted octanol–water partition coefficient (Wildman–Crippen LogP) is 2.58. The largest absolute Gasteiger partial charge is 0.248 e. The number of halogens is 3. The van der Waals surface area contributed by atoms with Crippen molar-refractivity contribution >= 4 is 23.2 Å². The highest BCUT2D eigenvalue weighted by Crippen LogP contribution is 2.08. The summed E-state index contributed by atoms with van der Waals surface area (Å²) >= 11 is 10.8. The van der Waals surface area contributed by atoms with E-state index in [4.69, 9.17) is 23.2 Å². The maximum atomic E-state index is 12.0. The minimum Gasteiger partial charge on any atom is -0.248 e. The molecule has 3 heteroatoms. The molecule has 0 aromatic rings.